The summed E-state index contributed by atoms with van der Waals surface area (Å²) in [6, 6.07) is 17.8. The molecule has 3 rings (SSSR count). The van der Waals surface area contributed by atoms with E-state index in [0.717, 1.165) is 23.3 Å². The molecule has 0 unspecified atom stereocenters. The van der Waals surface area contributed by atoms with Crippen LogP contribution in [0.5, 0.6) is 5.75 Å². The van der Waals surface area contributed by atoms with E-state index in [9.17, 15) is 9.90 Å². The van der Waals surface area contributed by atoms with Crippen LogP contribution in [-0.2, 0) is 10.2 Å². The SMILES string of the molecule is CSc1ccc(O[C@H](C)C(=O)N2CCC[C@@](CO)(c3ccccc3)C2)cc1. The average molecular weight is 386 g/mol. The third-order valence-corrected chi connectivity index (χ3v) is 6.04. The number of thioether (sulfide) groups is 1. The topological polar surface area (TPSA) is 49.8 Å². The van der Waals surface area contributed by atoms with Gasteiger partial charge >= 0.3 is 0 Å². The van der Waals surface area contributed by atoms with Gasteiger partial charge in [0.05, 0.1) is 6.61 Å². The van der Waals surface area contributed by atoms with Gasteiger partial charge in [0.25, 0.3) is 5.91 Å². The summed E-state index contributed by atoms with van der Waals surface area (Å²) >= 11 is 1.67. The highest BCUT2D eigenvalue weighted by molar-refractivity contribution is 7.98. The molecule has 0 saturated carbocycles. The summed E-state index contributed by atoms with van der Waals surface area (Å²) in [6.07, 6.45) is 3.22. The lowest BCUT2D eigenvalue weighted by Crippen LogP contribution is -2.53. The summed E-state index contributed by atoms with van der Waals surface area (Å²) < 4.78 is 5.87. The molecule has 1 N–H and O–H groups in total. The molecule has 27 heavy (non-hydrogen) atoms. The van der Waals surface area contributed by atoms with E-state index in [4.69, 9.17) is 4.74 Å². The molecule has 1 heterocycles. The van der Waals surface area contributed by atoms with Crippen LogP contribution in [0.15, 0.2) is 59.5 Å². The van der Waals surface area contributed by atoms with Crippen molar-refractivity contribution in [2.75, 3.05) is 26.0 Å². The Bertz CT molecular complexity index is 750. The van der Waals surface area contributed by atoms with Crippen molar-refractivity contribution in [3.8, 4) is 5.75 Å². The van der Waals surface area contributed by atoms with Gasteiger partial charge in [0.15, 0.2) is 6.10 Å². The van der Waals surface area contributed by atoms with Gasteiger partial charge in [-0.3, -0.25) is 4.79 Å². The second kappa shape index (κ2) is 8.81. The molecule has 2 atom stereocenters. The van der Waals surface area contributed by atoms with E-state index in [1.165, 1.54) is 0 Å². The van der Waals surface area contributed by atoms with Gasteiger partial charge in [-0.15, -0.1) is 11.8 Å². The van der Waals surface area contributed by atoms with Gasteiger partial charge in [-0.25, -0.2) is 0 Å². The van der Waals surface area contributed by atoms with E-state index in [0.29, 0.717) is 18.8 Å². The quantitative estimate of drug-likeness (QED) is 0.770. The molecule has 0 bridgehead atoms. The normalized spacial score (nSPS) is 20.9. The largest absolute Gasteiger partial charge is 0.481 e. The summed E-state index contributed by atoms with van der Waals surface area (Å²) in [5, 5.41) is 10.1. The Morgan fingerprint density at radius 3 is 2.56 bits per heavy atom. The van der Waals surface area contributed by atoms with E-state index in [1.54, 1.807) is 18.7 Å². The summed E-state index contributed by atoms with van der Waals surface area (Å²) in [5.41, 5.74) is 0.695. The highest BCUT2D eigenvalue weighted by Crippen LogP contribution is 2.34. The molecule has 1 aliphatic heterocycles. The monoisotopic (exact) mass is 385 g/mol. The fraction of sp³-hybridized carbons (Fsp3) is 0.409. The zero-order valence-corrected chi connectivity index (χ0v) is 16.7. The van der Waals surface area contributed by atoms with Crippen molar-refractivity contribution in [2.45, 2.75) is 36.2 Å². The highest BCUT2D eigenvalue weighted by Gasteiger charge is 2.39. The standard InChI is InChI=1S/C22H27NO3S/c1-17(26-19-9-11-20(27-2)12-10-19)21(25)23-14-6-13-22(15-23,16-24)18-7-4-3-5-8-18/h3-5,7-12,17,24H,6,13-16H2,1-2H3/t17-,22-/m1/s1. The number of ether oxygens (including phenoxy) is 1. The number of aliphatic hydroxyl groups is 1. The first-order valence-corrected chi connectivity index (χ1v) is 10.6. The average Bonchev–Trinajstić information content (AvgIpc) is 2.74. The number of carbonyl (C=O) groups is 1. The van der Waals surface area contributed by atoms with Crippen molar-refractivity contribution in [2.24, 2.45) is 0 Å². The number of rotatable bonds is 6. The van der Waals surface area contributed by atoms with E-state index in [2.05, 4.69) is 0 Å². The Morgan fingerprint density at radius 2 is 1.93 bits per heavy atom. The van der Waals surface area contributed by atoms with Crippen molar-refractivity contribution in [1.29, 1.82) is 0 Å². The molecule has 1 saturated heterocycles. The molecule has 1 aliphatic rings. The van der Waals surface area contributed by atoms with Crippen molar-refractivity contribution >= 4 is 17.7 Å². The lowest BCUT2D eigenvalue weighted by molar-refractivity contribution is -0.140. The predicted octanol–water partition coefficient (Wildman–Crippen LogP) is 3.73. The van der Waals surface area contributed by atoms with Gasteiger partial charge in [0.1, 0.15) is 5.75 Å². The Hall–Kier alpha value is -1.98. The molecule has 1 fully saturated rings. The van der Waals surface area contributed by atoms with Gasteiger partial charge in [-0.05, 0) is 55.9 Å². The minimum atomic E-state index is -0.560. The number of nitrogens with zero attached hydrogens (tertiary/aromatic N) is 1. The van der Waals surface area contributed by atoms with Crippen LogP contribution in [0.4, 0.5) is 0 Å². The molecule has 1 amide bonds. The van der Waals surface area contributed by atoms with Crippen LogP contribution in [0.3, 0.4) is 0 Å². The zero-order valence-electron chi connectivity index (χ0n) is 15.9. The fourth-order valence-corrected chi connectivity index (χ4v) is 4.14. The summed E-state index contributed by atoms with van der Waals surface area (Å²) in [6.45, 7) is 3.05. The number of amides is 1. The summed E-state index contributed by atoms with van der Waals surface area (Å²) in [7, 11) is 0. The number of aliphatic hydroxyl groups excluding tert-OH is 1. The van der Waals surface area contributed by atoms with Crippen LogP contribution >= 0.6 is 11.8 Å². The van der Waals surface area contributed by atoms with Crippen molar-refractivity contribution in [3.05, 3.63) is 60.2 Å². The number of carbonyl (C=O) groups excluding carboxylic acids is 1. The molecule has 2 aromatic carbocycles. The van der Waals surface area contributed by atoms with Gasteiger partial charge in [-0.1, -0.05) is 30.3 Å². The maximum absolute atomic E-state index is 13.0. The van der Waals surface area contributed by atoms with Crippen LogP contribution in [0.2, 0.25) is 0 Å². The fourth-order valence-electron chi connectivity index (χ4n) is 3.73. The van der Waals surface area contributed by atoms with Crippen molar-refractivity contribution < 1.29 is 14.6 Å². The van der Waals surface area contributed by atoms with Crippen LogP contribution in [0, 0.1) is 0 Å². The zero-order chi connectivity index (χ0) is 19.3. The van der Waals surface area contributed by atoms with Gasteiger partial charge in [0, 0.05) is 23.4 Å². The number of hydrogen-bond acceptors (Lipinski definition) is 4. The van der Waals surface area contributed by atoms with E-state index >= 15 is 0 Å². The number of piperidine rings is 1. The summed E-state index contributed by atoms with van der Waals surface area (Å²) in [4.78, 5) is 16.0. The molecule has 0 radical (unpaired) electrons. The van der Waals surface area contributed by atoms with E-state index in [-0.39, 0.29) is 12.5 Å². The lowest BCUT2D eigenvalue weighted by Gasteiger charge is -2.42. The first-order chi connectivity index (χ1) is 13.1. The molecule has 5 heteroatoms. The minimum absolute atomic E-state index is 0.0302. The molecule has 0 aliphatic carbocycles. The van der Waals surface area contributed by atoms with E-state index in [1.807, 2.05) is 65.8 Å². The molecular weight excluding hydrogens is 358 g/mol. The van der Waals surface area contributed by atoms with Crippen LogP contribution in [0.1, 0.15) is 25.3 Å². The second-order valence-electron chi connectivity index (χ2n) is 7.10. The van der Waals surface area contributed by atoms with Crippen molar-refractivity contribution in [3.63, 3.8) is 0 Å². The number of benzene rings is 2. The minimum Gasteiger partial charge on any atom is -0.481 e. The first-order valence-electron chi connectivity index (χ1n) is 9.34. The summed E-state index contributed by atoms with van der Waals surface area (Å²) in [5.74, 6) is 0.666. The van der Waals surface area contributed by atoms with Gasteiger partial charge in [-0.2, -0.15) is 0 Å². The third kappa shape index (κ3) is 4.47. The smallest absolute Gasteiger partial charge is 0.263 e. The number of likely N-dealkylation sites (tertiary alicyclic amines) is 1. The maximum Gasteiger partial charge on any atom is 0.263 e. The second-order valence-corrected chi connectivity index (χ2v) is 7.98. The molecule has 4 nitrogen and oxygen atoms in total. The van der Waals surface area contributed by atoms with Gasteiger partial charge in [0.2, 0.25) is 0 Å². The highest BCUT2D eigenvalue weighted by atomic mass is 32.2. The lowest BCUT2D eigenvalue weighted by atomic mass is 9.74. The third-order valence-electron chi connectivity index (χ3n) is 5.30. The molecule has 144 valence electrons. The first kappa shape index (κ1) is 19.8. The maximum atomic E-state index is 13.0. The molecule has 0 spiro atoms. The Labute approximate surface area is 165 Å². The van der Waals surface area contributed by atoms with E-state index < -0.39 is 11.5 Å². The van der Waals surface area contributed by atoms with Crippen LogP contribution in [0.25, 0.3) is 0 Å². The molecule has 0 aromatic heterocycles. The number of hydrogen-bond donors (Lipinski definition) is 1. The van der Waals surface area contributed by atoms with Crippen molar-refractivity contribution in [1.82, 2.24) is 4.90 Å². The molecular formula is C22H27NO3S. The Kier molecular flexibility index (Phi) is 6.45. The van der Waals surface area contributed by atoms with Crippen LogP contribution in [-0.4, -0.2) is 48.0 Å². The predicted molar refractivity (Wildman–Crippen MR) is 109 cm³/mol. The Balaban J connectivity index is 1.70. The molecule has 2 aromatic rings. The Morgan fingerprint density at radius 1 is 1.22 bits per heavy atom. The van der Waals surface area contributed by atoms with Gasteiger partial charge < -0.3 is 14.7 Å². The van der Waals surface area contributed by atoms with Crippen LogP contribution < -0.4 is 4.74 Å².